The third-order valence-corrected chi connectivity index (χ3v) is 4.90. The number of nitrogens with one attached hydrogen (secondary N) is 1. The zero-order valence-corrected chi connectivity index (χ0v) is 15.1. The van der Waals surface area contributed by atoms with Crippen molar-refractivity contribution in [1.82, 2.24) is 10.2 Å². The summed E-state index contributed by atoms with van der Waals surface area (Å²) in [7, 11) is 0. The molecule has 23 heavy (non-hydrogen) atoms. The van der Waals surface area contributed by atoms with E-state index in [-0.39, 0.29) is 17.2 Å². The molecule has 5 nitrogen and oxygen atoms in total. The van der Waals surface area contributed by atoms with Gasteiger partial charge in [0.1, 0.15) is 17.2 Å². The number of amides is 2. The fourth-order valence-corrected chi connectivity index (χ4v) is 3.81. The molecule has 0 spiro atoms. The second-order valence-corrected chi connectivity index (χ2v) is 7.83. The van der Waals surface area contributed by atoms with Crippen molar-refractivity contribution in [2.24, 2.45) is 11.8 Å². The molecule has 0 aliphatic carbocycles. The van der Waals surface area contributed by atoms with Gasteiger partial charge in [0.2, 0.25) is 11.8 Å². The molecule has 128 valence electrons. The average Bonchev–Trinajstić information content (AvgIpc) is 3.11. The van der Waals surface area contributed by atoms with Gasteiger partial charge < -0.3 is 14.6 Å². The van der Waals surface area contributed by atoms with Gasteiger partial charge >= 0.3 is 0 Å². The molecule has 1 saturated heterocycles. The first-order chi connectivity index (χ1) is 10.9. The van der Waals surface area contributed by atoms with Gasteiger partial charge in [0.25, 0.3) is 0 Å². The molecular formula is C17H26N2O3S. The van der Waals surface area contributed by atoms with Gasteiger partial charge in [0.05, 0.1) is 12.0 Å². The number of nitrogens with zero attached hydrogens (tertiary/aromatic N) is 1. The molecular weight excluding hydrogens is 312 g/mol. The van der Waals surface area contributed by atoms with Gasteiger partial charge in [0, 0.05) is 6.54 Å². The summed E-state index contributed by atoms with van der Waals surface area (Å²) in [5, 5.41) is 2.76. The molecule has 0 unspecified atom stereocenters. The second-order valence-electron chi connectivity index (χ2n) is 6.76. The van der Waals surface area contributed by atoms with Crippen molar-refractivity contribution < 1.29 is 14.0 Å². The summed E-state index contributed by atoms with van der Waals surface area (Å²) < 4.78 is 5.48. The van der Waals surface area contributed by atoms with E-state index in [4.69, 9.17) is 4.42 Å². The van der Waals surface area contributed by atoms with Gasteiger partial charge in [-0.3, -0.25) is 9.59 Å². The van der Waals surface area contributed by atoms with Crippen LogP contribution < -0.4 is 5.32 Å². The predicted octanol–water partition coefficient (Wildman–Crippen LogP) is 3.04. The van der Waals surface area contributed by atoms with Crippen molar-refractivity contribution >= 4 is 23.6 Å². The largest absolute Gasteiger partial charge is 0.466 e. The highest BCUT2D eigenvalue weighted by Gasteiger charge is 2.42. The number of furan rings is 1. The first-order valence-corrected chi connectivity index (χ1v) is 9.19. The average molecular weight is 338 g/mol. The van der Waals surface area contributed by atoms with E-state index in [0.717, 1.165) is 5.76 Å². The lowest BCUT2D eigenvalue weighted by Crippen LogP contribution is -2.49. The van der Waals surface area contributed by atoms with Gasteiger partial charge in [-0.1, -0.05) is 27.7 Å². The Balaban J connectivity index is 2.21. The van der Waals surface area contributed by atoms with Crippen molar-refractivity contribution in [3.63, 3.8) is 0 Å². The van der Waals surface area contributed by atoms with E-state index < -0.39 is 6.04 Å². The Morgan fingerprint density at radius 1 is 1.39 bits per heavy atom. The molecule has 2 rings (SSSR count). The quantitative estimate of drug-likeness (QED) is 0.830. The fourth-order valence-electron chi connectivity index (χ4n) is 2.64. The van der Waals surface area contributed by atoms with Crippen LogP contribution in [0.2, 0.25) is 0 Å². The van der Waals surface area contributed by atoms with Crippen molar-refractivity contribution in [3.05, 3.63) is 24.2 Å². The number of rotatable bonds is 7. The highest BCUT2D eigenvalue weighted by atomic mass is 32.2. The Kier molecular flexibility index (Phi) is 6.16. The summed E-state index contributed by atoms with van der Waals surface area (Å²) >= 11 is 1.52. The van der Waals surface area contributed by atoms with Crippen molar-refractivity contribution in [2.45, 2.75) is 45.5 Å². The van der Waals surface area contributed by atoms with Crippen molar-refractivity contribution in [1.29, 1.82) is 0 Å². The highest BCUT2D eigenvalue weighted by Crippen LogP contribution is 2.41. The summed E-state index contributed by atoms with van der Waals surface area (Å²) in [4.78, 5) is 26.8. The minimum Gasteiger partial charge on any atom is -0.466 e. The molecule has 1 aliphatic rings. The highest BCUT2D eigenvalue weighted by molar-refractivity contribution is 8.00. The summed E-state index contributed by atoms with van der Waals surface area (Å²) in [5.41, 5.74) is 0. The van der Waals surface area contributed by atoms with Crippen LogP contribution in [0.4, 0.5) is 0 Å². The molecule has 0 aromatic carbocycles. The lowest BCUT2D eigenvalue weighted by Gasteiger charge is -2.32. The first kappa shape index (κ1) is 17.9. The monoisotopic (exact) mass is 338 g/mol. The van der Waals surface area contributed by atoms with E-state index in [1.165, 1.54) is 11.8 Å². The Morgan fingerprint density at radius 3 is 2.70 bits per heavy atom. The molecule has 1 aromatic rings. The normalized spacial score (nSPS) is 19.7. The van der Waals surface area contributed by atoms with Crippen LogP contribution in [-0.2, 0) is 9.59 Å². The van der Waals surface area contributed by atoms with Crippen LogP contribution in [-0.4, -0.2) is 35.1 Å². The van der Waals surface area contributed by atoms with Crippen molar-refractivity contribution in [3.8, 4) is 0 Å². The molecule has 0 radical (unpaired) electrons. The molecule has 1 aromatic heterocycles. The predicted molar refractivity (Wildman–Crippen MR) is 91.8 cm³/mol. The lowest BCUT2D eigenvalue weighted by molar-refractivity contribution is -0.139. The molecule has 0 bridgehead atoms. The van der Waals surface area contributed by atoms with Gasteiger partial charge in [-0.05, 0) is 30.4 Å². The number of hydrogen-bond acceptors (Lipinski definition) is 4. The molecule has 2 atom stereocenters. The zero-order valence-electron chi connectivity index (χ0n) is 14.2. The van der Waals surface area contributed by atoms with Crippen LogP contribution in [0.25, 0.3) is 0 Å². The Labute approximate surface area is 142 Å². The first-order valence-electron chi connectivity index (χ1n) is 8.14. The minimum absolute atomic E-state index is 0.00162. The maximum Gasteiger partial charge on any atom is 0.242 e. The molecule has 1 N–H and O–H groups in total. The number of carbonyl (C=O) groups excluding carboxylic acids is 2. The smallest absolute Gasteiger partial charge is 0.242 e. The SMILES string of the molecule is CC(C)CNC(=O)[C@H](CC(C)C)N1C(=O)CS[C@@H]1c1ccco1. The summed E-state index contributed by atoms with van der Waals surface area (Å²) in [6.07, 6.45) is 2.25. The van der Waals surface area contributed by atoms with E-state index in [1.54, 1.807) is 11.2 Å². The van der Waals surface area contributed by atoms with E-state index in [9.17, 15) is 9.59 Å². The van der Waals surface area contributed by atoms with Crippen molar-refractivity contribution in [2.75, 3.05) is 12.3 Å². The third kappa shape index (κ3) is 4.53. The number of hydrogen-bond donors (Lipinski definition) is 1. The molecule has 1 fully saturated rings. The van der Waals surface area contributed by atoms with Gasteiger partial charge in [-0.2, -0.15) is 0 Å². The number of thioether (sulfide) groups is 1. The van der Waals surface area contributed by atoms with Crippen LogP contribution >= 0.6 is 11.8 Å². The standard InChI is InChI=1S/C17H26N2O3S/c1-11(2)8-13(16(21)18-9-12(3)4)19-15(20)10-23-17(19)14-6-5-7-22-14/h5-7,11-13,17H,8-10H2,1-4H3,(H,18,21)/t13-,17+/m0/s1. The lowest BCUT2D eigenvalue weighted by atomic mass is 10.0. The Bertz CT molecular complexity index is 528. The maximum atomic E-state index is 12.7. The number of carbonyl (C=O) groups is 2. The van der Waals surface area contributed by atoms with Crippen LogP contribution in [0.15, 0.2) is 22.8 Å². The summed E-state index contributed by atoms with van der Waals surface area (Å²) in [6, 6.07) is 3.22. The van der Waals surface area contributed by atoms with E-state index in [2.05, 4.69) is 33.0 Å². The molecule has 2 amide bonds. The van der Waals surface area contributed by atoms with E-state index >= 15 is 0 Å². The topological polar surface area (TPSA) is 62.6 Å². The van der Waals surface area contributed by atoms with Crippen LogP contribution in [0.5, 0.6) is 0 Å². The summed E-state index contributed by atoms with van der Waals surface area (Å²) in [5.74, 6) is 1.74. The second kappa shape index (κ2) is 7.90. The van der Waals surface area contributed by atoms with E-state index in [1.807, 2.05) is 12.1 Å². The zero-order chi connectivity index (χ0) is 17.0. The van der Waals surface area contributed by atoms with E-state index in [0.29, 0.717) is 30.6 Å². The molecule has 6 heteroatoms. The molecule has 1 aliphatic heterocycles. The van der Waals surface area contributed by atoms with Crippen LogP contribution in [0.1, 0.15) is 45.2 Å². The third-order valence-electron chi connectivity index (χ3n) is 3.71. The van der Waals surface area contributed by atoms with Crippen LogP contribution in [0, 0.1) is 11.8 Å². The van der Waals surface area contributed by atoms with Gasteiger partial charge in [-0.15, -0.1) is 11.8 Å². The Hall–Kier alpha value is -1.43. The maximum absolute atomic E-state index is 12.7. The molecule has 0 saturated carbocycles. The van der Waals surface area contributed by atoms with Gasteiger partial charge in [-0.25, -0.2) is 0 Å². The minimum atomic E-state index is -0.452. The van der Waals surface area contributed by atoms with Crippen LogP contribution in [0.3, 0.4) is 0 Å². The Morgan fingerprint density at radius 2 is 2.13 bits per heavy atom. The molecule has 2 heterocycles. The summed E-state index contributed by atoms with van der Waals surface area (Å²) in [6.45, 7) is 8.87. The van der Waals surface area contributed by atoms with Gasteiger partial charge in [0.15, 0.2) is 0 Å². The fraction of sp³-hybridized carbons (Fsp3) is 0.647.